The van der Waals surface area contributed by atoms with Crippen LogP contribution in [0.4, 0.5) is 0 Å². The zero-order valence-electron chi connectivity index (χ0n) is 12.2. The van der Waals surface area contributed by atoms with Gasteiger partial charge in [0.1, 0.15) is 6.20 Å². The first kappa shape index (κ1) is 15.2. The highest BCUT2D eigenvalue weighted by Crippen LogP contribution is 2.11. The number of amidine groups is 1. The Morgan fingerprint density at radius 1 is 1.32 bits per heavy atom. The fraction of sp³-hybridized carbons (Fsp3) is 0.400. The standard InChI is InChI=1S/C15H24N4/c1-11(2)18-9-13-5-7-14(8-6-13)15(17-4)10-19-12(3)16/h5-8,10-11,17-18H,9H2,1-4H3,(H2,16,19)/p+1. The molecule has 0 aliphatic heterocycles. The van der Waals surface area contributed by atoms with Crippen LogP contribution in [0, 0.1) is 0 Å². The SMILES string of the molecule is CNC(=C[NH+]=C(C)N)c1ccc(CNC(C)C)cc1. The average molecular weight is 261 g/mol. The van der Waals surface area contributed by atoms with Gasteiger partial charge in [-0.05, 0) is 5.56 Å². The molecule has 1 aromatic carbocycles. The van der Waals surface area contributed by atoms with Gasteiger partial charge < -0.3 is 10.6 Å². The van der Waals surface area contributed by atoms with E-state index in [-0.39, 0.29) is 0 Å². The van der Waals surface area contributed by atoms with Gasteiger partial charge in [0.2, 0.25) is 5.84 Å². The van der Waals surface area contributed by atoms with Crippen molar-refractivity contribution in [1.82, 2.24) is 10.6 Å². The van der Waals surface area contributed by atoms with Gasteiger partial charge in [-0.25, -0.2) is 4.99 Å². The number of hydrogen-bond acceptors (Lipinski definition) is 2. The molecule has 0 fully saturated rings. The predicted octanol–water partition coefficient (Wildman–Crippen LogP) is 0.160. The maximum Gasteiger partial charge on any atom is 0.241 e. The zero-order valence-corrected chi connectivity index (χ0v) is 12.2. The molecule has 0 aromatic heterocycles. The van der Waals surface area contributed by atoms with Gasteiger partial charge in [-0.3, -0.25) is 5.73 Å². The second-order valence-electron chi connectivity index (χ2n) is 4.87. The van der Waals surface area contributed by atoms with E-state index in [1.54, 1.807) is 0 Å². The van der Waals surface area contributed by atoms with Crippen LogP contribution in [0.2, 0.25) is 0 Å². The summed E-state index contributed by atoms with van der Waals surface area (Å²) in [5.41, 5.74) is 9.01. The van der Waals surface area contributed by atoms with Gasteiger partial charge >= 0.3 is 0 Å². The third kappa shape index (κ3) is 5.57. The molecule has 0 radical (unpaired) electrons. The van der Waals surface area contributed by atoms with E-state index in [0.717, 1.165) is 17.8 Å². The van der Waals surface area contributed by atoms with Crippen LogP contribution in [0.25, 0.3) is 5.70 Å². The molecule has 0 unspecified atom stereocenters. The summed E-state index contributed by atoms with van der Waals surface area (Å²) in [6.07, 6.45) is 1.87. The Bertz CT molecular complexity index is 440. The minimum absolute atomic E-state index is 0.500. The van der Waals surface area contributed by atoms with Crippen molar-refractivity contribution in [3.63, 3.8) is 0 Å². The van der Waals surface area contributed by atoms with Crippen LogP contribution < -0.4 is 21.4 Å². The van der Waals surface area contributed by atoms with Crippen LogP contribution >= 0.6 is 0 Å². The Morgan fingerprint density at radius 3 is 2.42 bits per heavy atom. The van der Waals surface area contributed by atoms with Crippen molar-refractivity contribution in [1.29, 1.82) is 0 Å². The van der Waals surface area contributed by atoms with E-state index in [1.165, 1.54) is 5.56 Å². The first-order valence-electron chi connectivity index (χ1n) is 6.59. The van der Waals surface area contributed by atoms with Crippen LogP contribution in [0.15, 0.2) is 30.5 Å². The molecule has 1 rings (SSSR count). The van der Waals surface area contributed by atoms with E-state index in [4.69, 9.17) is 5.73 Å². The summed E-state index contributed by atoms with van der Waals surface area (Å²) in [5, 5.41) is 6.56. The summed E-state index contributed by atoms with van der Waals surface area (Å²) in [7, 11) is 1.90. The number of rotatable bonds is 6. The fourth-order valence-corrected chi connectivity index (χ4v) is 1.61. The number of benzene rings is 1. The van der Waals surface area contributed by atoms with Crippen molar-refractivity contribution >= 4 is 11.5 Å². The second kappa shape index (κ2) is 7.59. The van der Waals surface area contributed by atoms with Crippen molar-refractivity contribution in [3.05, 3.63) is 41.6 Å². The highest BCUT2D eigenvalue weighted by atomic mass is 14.9. The monoisotopic (exact) mass is 261 g/mol. The molecule has 0 amide bonds. The molecule has 0 aliphatic carbocycles. The van der Waals surface area contributed by atoms with Gasteiger partial charge in [-0.1, -0.05) is 38.1 Å². The smallest absolute Gasteiger partial charge is 0.241 e. The van der Waals surface area contributed by atoms with Gasteiger partial charge in [0.15, 0.2) is 0 Å². The van der Waals surface area contributed by atoms with Crippen LogP contribution in [0.1, 0.15) is 31.9 Å². The van der Waals surface area contributed by atoms with Crippen LogP contribution in [-0.2, 0) is 6.54 Å². The van der Waals surface area contributed by atoms with E-state index in [0.29, 0.717) is 11.9 Å². The summed E-state index contributed by atoms with van der Waals surface area (Å²) in [5.74, 6) is 0.672. The fourth-order valence-electron chi connectivity index (χ4n) is 1.61. The van der Waals surface area contributed by atoms with Crippen LogP contribution in [-0.4, -0.2) is 18.9 Å². The number of nitrogens with two attached hydrogens (primary N) is 1. The van der Waals surface area contributed by atoms with Crippen molar-refractivity contribution in [2.45, 2.75) is 33.4 Å². The molecule has 4 nitrogen and oxygen atoms in total. The van der Waals surface area contributed by atoms with Gasteiger partial charge in [-0.2, -0.15) is 0 Å². The minimum atomic E-state index is 0.500. The number of hydrogen-bond donors (Lipinski definition) is 4. The minimum Gasteiger partial charge on any atom is -0.385 e. The summed E-state index contributed by atoms with van der Waals surface area (Å²) in [4.78, 5) is 3.01. The topological polar surface area (TPSA) is 64.0 Å². The van der Waals surface area contributed by atoms with Gasteiger partial charge in [-0.15, -0.1) is 0 Å². The van der Waals surface area contributed by atoms with E-state index in [1.807, 2.05) is 20.2 Å². The lowest BCUT2D eigenvalue weighted by Gasteiger charge is -2.09. The second-order valence-corrected chi connectivity index (χ2v) is 4.87. The maximum atomic E-state index is 5.59. The van der Waals surface area contributed by atoms with E-state index >= 15 is 0 Å². The van der Waals surface area contributed by atoms with Gasteiger partial charge in [0.25, 0.3) is 0 Å². The zero-order chi connectivity index (χ0) is 14.3. The van der Waals surface area contributed by atoms with Crippen LogP contribution in [0.3, 0.4) is 0 Å². The quantitative estimate of drug-likeness (QED) is 0.436. The van der Waals surface area contributed by atoms with Crippen molar-refractivity contribution in [2.75, 3.05) is 7.05 Å². The van der Waals surface area contributed by atoms with E-state index in [9.17, 15) is 0 Å². The lowest BCUT2D eigenvalue weighted by molar-refractivity contribution is -0.373. The molecule has 0 saturated heterocycles. The molecule has 0 spiro atoms. The molecule has 19 heavy (non-hydrogen) atoms. The molecule has 0 heterocycles. The predicted molar refractivity (Wildman–Crippen MR) is 81.3 cm³/mol. The Hall–Kier alpha value is -1.81. The maximum absolute atomic E-state index is 5.59. The summed E-state index contributed by atoms with van der Waals surface area (Å²) < 4.78 is 0. The van der Waals surface area contributed by atoms with Gasteiger partial charge in [0.05, 0.1) is 5.70 Å². The Labute approximate surface area is 115 Å². The molecule has 104 valence electrons. The number of nitrogens with one attached hydrogen (secondary N) is 3. The summed E-state index contributed by atoms with van der Waals surface area (Å²) in [6, 6.07) is 8.98. The van der Waals surface area contributed by atoms with E-state index in [2.05, 4.69) is 53.7 Å². The third-order valence-electron chi connectivity index (χ3n) is 2.69. The normalized spacial score (nSPS) is 12.9. The van der Waals surface area contributed by atoms with Crippen molar-refractivity contribution in [2.24, 2.45) is 5.73 Å². The van der Waals surface area contributed by atoms with E-state index < -0.39 is 0 Å². The molecule has 5 N–H and O–H groups in total. The molecular weight excluding hydrogens is 236 g/mol. The molecular formula is C15H25N4+. The summed E-state index contributed by atoms with van der Waals surface area (Å²) in [6.45, 7) is 7.01. The molecule has 0 aliphatic rings. The Balaban J connectivity index is 2.79. The highest BCUT2D eigenvalue weighted by Gasteiger charge is 2.01. The third-order valence-corrected chi connectivity index (χ3v) is 2.69. The molecule has 0 bridgehead atoms. The Kier molecular flexibility index (Phi) is 6.09. The molecule has 4 heteroatoms. The van der Waals surface area contributed by atoms with Gasteiger partial charge in [0, 0.05) is 32.1 Å². The first-order chi connectivity index (χ1) is 9.02. The van der Waals surface area contributed by atoms with Crippen LogP contribution in [0.5, 0.6) is 0 Å². The highest BCUT2D eigenvalue weighted by molar-refractivity contribution is 5.72. The van der Waals surface area contributed by atoms with Crippen molar-refractivity contribution < 1.29 is 4.99 Å². The summed E-state index contributed by atoms with van der Waals surface area (Å²) >= 11 is 0. The Morgan fingerprint density at radius 2 is 1.95 bits per heavy atom. The van der Waals surface area contributed by atoms with Crippen molar-refractivity contribution in [3.8, 4) is 0 Å². The molecule has 0 saturated carbocycles. The molecule has 0 atom stereocenters. The largest absolute Gasteiger partial charge is 0.385 e. The lowest BCUT2D eigenvalue weighted by Crippen LogP contribution is -2.68. The molecule has 1 aromatic rings. The lowest BCUT2D eigenvalue weighted by atomic mass is 10.1. The average Bonchev–Trinajstić information content (AvgIpc) is 2.38. The first-order valence-corrected chi connectivity index (χ1v) is 6.59.